The van der Waals surface area contributed by atoms with Gasteiger partial charge in [0.15, 0.2) is 0 Å². The van der Waals surface area contributed by atoms with Crippen LogP contribution in [-0.4, -0.2) is 44.2 Å². The van der Waals surface area contributed by atoms with Crippen LogP contribution in [0.2, 0.25) is 0 Å². The van der Waals surface area contributed by atoms with Crippen LogP contribution >= 0.6 is 0 Å². The largest absolute Gasteiger partial charge is 0.377 e. The molecule has 3 nitrogen and oxygen atoms in total. The van der Waals surface area contributed by atoms with Gasteiger partial charge in [-0.1, -0.05) is 12.1 Å². The van der Waals surface area contributed by atoms with Crippen molar-refractivity contribution < 1.29 is 9.13 Å². The summed E-state index contributed by atoms with van der Waals surface area (Å²) in [4.78, 5) is 2.46. The van der Waals surface area contributed by atoms with Gasteiger partial charge < -0.3 is 15.0 Å². The molecule has 19 heavy (non-hydrogen) atoms. The van der Waals surface area contributed by atoms with Gasteiger partial charge in [-0.25, -0.2) is 4.39 Å². The Morgan fingerprint density at radius 1 is 1.32 bits per heavy atom. The van der Waals surface area contributed by atoms with Gasteiger partial charge in [-0.15, -0.1) is 0 Å². The fourth-order valence-electron chi connectivity index (χ4n) is 2.31. The molecule has 1 aromatic rings. The van der Waals surface area contributed by atoms with Crippen molar-refractivity contribution in [1.29, 1.82) is 0 Å². The molecule has 0 aliphatic carbocycles. The topological polar surface area (TPSA) is 24.5 Å². The van der Waals surface area contributed by atoms with E-state index in [1.165, 1.54) is 6.07 Å². The van der Waals surface area contributed by atoms with E-state index in [0.717, 1.165) is 51.3 Å². The van der Waals surface area contributed by atoms with E-state index >= 15 is 0 Å². The first-order valence-electron chi connectivity index (χ1n) is 7.01. The number of rotatable bonds is 6. The molecule has 0 amide bonds. The lowest BCUT2D eigenvalue weighted by molar-refractivity contribution is 0.106. The van der Waals surface area contributed by atoms with Crippen molar-refractivity contribution in [3.63, 3.8) is 0 Å². The van der Waals surface area contributed by atoms with Gasteiger partial charge in [0.05, 0.1) is 6.61 Å². The quantitative estimate of drug-likeness (QED) is 0.797. The lowest BCUT2D eigenvalue weighted by Gasteiger charge is -2.26. The normalized spacial score (nSPS) is 16.7. The van der Waals surface area contributed by atoms with E-state index in [0.29, 0.717) is 12.2 Å². The first kappa shape index (κ1) is 14.4. The predicted octanol–water partition coefficient (Wildman–Crippen LogP) is 1.95. The number of nitrogens with zero attached hydrogens (tertiary/aromatic N) is 1. The summed E-state index contributed by atoms with van der Waals surface area (Å²) in [7, 11) is 0. The van der Waals surface area contributed by atoms with E-state index in [-0.39, 0.29) is 5.82 Å². The van der Waals surface area contributed by atoms with Crippen LogP contribution in [0.4, 0.5) is 4.39 Å². The molecule has 1 fully saturated rings. The molecule has 4 heteroatoms. The molecular weight excluding hydrogens is 243 g/mol. The number of halogens is 1. The minimum Gasteiger partial charge on any atom is -0.377 e. The van der Waals surface area contributed by atoms with Crippen molar-refractivity contribution in [2.75, 3.05) is 39.3 Å². The fraction of sp³-hybridized carbons (Fsp3) is 0.600. The fourth-order valence-corrected chi connectivity index (χ4v) is 2.31. The van der Waals surface area contributed by atoms with E-state index in [9.17, 15) is 4.39 Å². The maximum atomic E-state index is 13.1. The van der Waals surface area contributed by atoms with Gasteiger partial charge in [-0.05, 0) is 30.5 Å². The van der Waals surface area contributed by atoms with E-state index < -0.39 is 0 Å². The summed E-state index contributed by atoms with van der Waals surface area (Å²) < 4.78 is 18.7. The third-order valence-electron chi connectivity index (χ3n) is 3.46. The highest BCUT2D eigenvalue weighted by Crippen LogP contribution is 2.10. The van der Waals surface area contributed by atoms with Crippen LogP contribution in [0.15, 0.2) is 18.2 Å². The molecule has 0 spiro atoms. The zero-order valence-corrected chi connectivity index (χ0v) is 11.6. The summed E-state index contributed by atoms with van der Waals surface area (Å²) in [6, 6.07) is 5.15. The Morgan fingerprint density at radius 3 is 2.84 bits per heavy atom. The molecule has 0 saturated carbocycles. The Balaban J connectivity index is 1.59. The molecule has 0 radical (unpaired) electrons. The molecular formula is C15H23FN2O. The number of hydrogen-bond donors (Lipinski definition) is 1. The average molecular weight is 266 g/mol. The third kappa shape index (κ3) is 4.90. The van der Waals surface area contributed by atoms with Crippen molar-refractivity contribution in [2.24, 2.45) is 0 Å². The molecule has 1 N–H and O–H groups in total. The molecule has 1 aromatic carbocycles. The monoisotopic (exact) mass is 266 g/mol. The van der Waals surface area contributed by atoms with Crippen LogP contribution in [0.3, 0.4) is 0 Å². The van der Waals surface area contributed by atoms with Crippen LogP contribution in [0.1, 0.15) is 17.5 Å². The molecule has 1 aliphatic heterocycles. The van der Waals surface area contributed by atoms with Crippen molar-refractivity contribution >= 4 is 0 Å². The van der Waals surface area contributed by atoms with Crippen molar-refractivity contribution in [2.45, 2.75) is 20.0 Å². The van der Waals surface area contributed by atoms with Crippen molar-refractivity contribution in [1.82, 2.24) is 10.2 Å². The number of hydrogen-bond acceptors (Lipinski definition) is 3. The van der Waals surface area contributed by atoms with Crippen LogP contribution in [0.25, 0.3) is 0 Å². The summed E-state index contributed by atoms with van der Waals surface area (Å²) in [5.41, 5.74) is 1.72. The molecule has 2 rings (SSSR count). The molecule has 0 bridgehead atoms. The maximum Gasteiger partial charge on any atom is 0.126 e. The summed E-state index contributed by atoms with van der Waals surface area (Å²) in [5, 5.41) is 3.34. The molecule has 0 atom stereocenters. The van der Waals surface area contributed by atoms with Crippen LogP contribution in [-0.2, 0) is 11.3 Å². The third-order valence-corrected chi connectivity index (χ3v) is 3.46. The Hall–Kier alpha value is -0.970. The second kappa shape index (κ2) is 7.58. The van der Waals surface area contributed by atoms with Gasteiger partial charge >= 0.3 is 0 Å². The Labute approximate surface area is 114 Å². The highest BCUT2D eigenvalue weighted by atomic mass is 19.1. The van der Waals surface area contributed by atoms with Gasteiger partial charge in [0, 0.05) is 39.3 Å². The number of ether oxygens (including phenoxy) is 1. The highest BCUT2D eigenvalue weighted by molar-refractivity contribution is 5.23. The smallest absolute Gasteiger partial charge is 0.126 e. The van der Waals surface area contributed by atoms with Crippen LogP contribution in [0, 0.1) is 12.7 Å². The number of nitrogens with one attached hydrogen (secondary N) is 1. The summed E-state index contributed by atoms with van der Waals surface area (Å²) in [5.74, 6) is -0.151. The summed E-state index contributed by atoms with van der Waals surface area (Å²) in [6.07, 6.45) is 1.06. The molecule has 0 unspecified atom stereocenters. The van der Waals surface area contributed by atoms with Gasteiger partial charge in [0.25, 0.3) is 0 Å². The molecule has 106 valence electrons. The van der Waals surface area contributed by atoms with E-state index in [1.54, 1.807) is 13.0 Å². The minimum atomic E-state index is -0.151. The molecule has 0 aromatic heterocycles. The predicted molar refractivity (Wildman–Crippen MR) is 74.7 cm³/mol. The van der Waals surface area contributed by atoms with E-state index in [4.69, 9.17) is 4.74 Å². The number of piperazine rings is 1. The lowest BCUT2D eigenvalue weighted by atomic mass is 10.1. The average Bonchev–Trinajstić information content (AvgIpc) is 2.43. The van der Waals surface area contributed by atoms with Crippen LogP contribution < -0.4 is 5.32 Å². The van der Waals surface area contributed by atoms with Crippen LogP contribution in [0.5, 0.6) is 0 Å². The maximum absolute atomic E-state index is 13.1. The number of benzene rings is 1. The van der Waals surface area contributed by atoms with Crippen molar-refractivity contribution in [3.05, 3.63) is 35.1 Å². The Bertz CT molecular complexity index is 392. The Morgan fingerprint density at radius 2 is 2.11 bits per heavy atom. The van der Waals surface area contributed by atoms with Gasteiger partial charge in [-0.3, -0.25) is 0 Å². The summed E-state index contributed by atoms with van der Waals surface area (Å²) in [6.45, 7) is 8.68. The zero-order valence-electron chi connectivity index (χ0n) is 11.6. The second-order valence-electron chi connectivity index (χ2n) is 5.08. The molecule has 1 heterocycles. The summed E-state index contributed by atoms with van der Waals surface area (Å²) >= 11 is 0. The van der Waals surface area contributed by atoms with Gasteiger partial charge in [0.1, 0.15) is 5.82 Å². The van der Waals surface area contributed by atoms with Gasteiger partial charge in [-0.2, -0.15) is 0 Å². The first-order valence-corrected chi connectivity index (χ1v) is 7.01. The van der Waals surface area contributed by atoms with E-state index in [1.807, 2.05) is 6.07 Å². The minimum absolute atomic E-state index is 0.151. The standard InChI is InChI=1S/C15H23FN2O/c1-13-11-14(3-4-15(13)16)12-19-10-2-7-18-8-5-17-6-9-18/h3-4,11,17H,2,5-10,12H2,1H3. The molecule has 1 saturated heterocycles. The van der Waals surface area contributed by atoms with Gasteiger partial charge in [0.2, 0.25) is 0 Å². The second-order valence-corrected chi connectivity index (χ2v) is 5.08. The lowest BCUT2D eigenvalue weighted by Crippen LogP contribution is -2.43. The van der Waals surface area contributed by atoms with E-state index in [2.05, 4.69) is 10.2 Å². The number of aryl methyl sites for hydroxylation is 1. The van der Waals surface area contributed by atoms with Crippen molar-refractivity contribution in [3.8, 4) is 0 Å². The highest BCUT2D eigenvalue weighted by Gasteiger charge is 2.08. The Kier molecular flexibility index (Phi) is 5.76. The zero-order chi connectivity index (χ0) is 13.5. The SMILES string of the molecule is Cc1cc(COCCCN2CCNCC2)ccc1F. The first-order chi connectivity index (χ1) is 9.25. The molecule has 1 aliphatic rings.